The minimum atomic E-state index is 0.242. The number of nitrogens with one attached hydrogen (secondary N) is 1. The molecule has 0 saturated heterocycles. The summed E-state index contributed by atoms with van der Waals surface area (Å²) in [4.78, 5) is 2.47. The van der Waals surface area contributed by atoms with Crippen LogP contribution in [0.5, 0.6) is 0 Å². The minimum absolute atomic E-state index is 0.242. The van der Waals surface area contributed by atoms with Gasteiger partial charge < -0.3 is 15.3 Å². The predicted octanol–water partition coefficient (Wildman–Crippen LogP) is 1.47. The van der Waals surface area contributed by atoms with Crippen LogP contribution in [0.3, 0.4) is 0 Å². The predicted molar refractivity (Wildman–Crippen MR) is 66.2 cm³/mol. The van der Waals surface area contributed by atoms with E-state index >= 15 is 0 Å². The molecule has 2 unspecified atom stereocenters. The van der Waals surface area contributed by atoms with Crippen molar-refractivity contribution in [2.24, 2.45) is 0 Å². The largest absolute Gasteiger partial charge is 0.395 e. The van der Waals surface area contributed by atoms with E-state index in [0.29, 0.717) is 6.04 Å². The van der Waals surface area contributed by atoms with Crippen LogP contribution in [0.1, 0.15) is 40.5 Å². The van der Waals surface area contributed by atoms with Crippen LogP contribution in [0.4, 0.5) is 0 Å². The molecule has 15 heavy (non-hydrogen) atoms. The molecule has 0 amide bonds. The van der Waals surface area contributed by atoms with Gasteiger partial charge in [0, 0.05) is 12.1 Å². The number of aliphatic hydroxyl groups is 1. The average molecular weight is 216 g/mol. The summed E-state index contributed by atoms with van der Waals surface area (Å²) in [5.74, 6) is 0. The molecule has 0 aromatic carbocycles. The number of aliphatic hydroxyl groups excluding tert-OH is 1. The van der Waals surface area contributed by atoms with Crippen LogP contribution < -0.4 is 5.32 Å². The summed E-state index contributed by atoms with van der Waals surface area (Å²) in [6, 6.07) is 0.907. The molecule has 2 atom stereocenters. The molecule has 0 fully saturated rings. The van der Waals surface area contributed by atoms with Gasteiger partial charge in [0.15, 0.2) is 0 Å². The Morgan fingerprint density at radius 1 is 1.27 bits per heavy atom. The van der Waals surface area contributed by atoms with E-state index in [-0.39, 0.29) is 12.6 Å². The van der Waals surface area contributed by atoms with Gasteiger partial charge in [0.05, 0.1) is 6.61 Å². The number of rotatable bonds is 9. The van der Waals surface area contributed by atoms with Crippen molar-refractivity contribution in [3.63, 3.8) is 0 Å². The van der Waals surface area contributed by atoms with Gasteiger partial charge in [0.2, 0.25) is 0 Å². The Hall–Kier alpha value is -0.120. The molecule has 0 radical (unpaired) electrons. The van der Waals surface area contributed by atoms with E-state index in [0.717, 1.165) is 26.1 Å². The number of hydrogen-bond donors (Lipinski definition) is 2. The third kappa shape index (κ3) is 6.13. The van der Waals surface area contributed by atoms with Crippen molar-refractivity contribution in [1.82, 2.24) is 10.2 Å². The lowest BCUT2D eigenvalue weighted by Gasteiger charge is -2.28. The lowest BCUT2D eigenvalue weighted by molar-refractivity contribution is 0.180. The van der Waals surface area contributed by atoms with Crippen molar-refractivity contribution in [2.45, 2.75) is 52.6 Å². The zero-order valence-electron chi connectivity index (χ0n) is 10.8. The molecule has 0 spiro atoms. The first-order chi connectivity index (χ1) is 7.19. The fraction of sp³-hybridized carbons (Fsp3) is 1.00. The van der Waals surface area contributed by atoms with Crippen molar-refractivity contribution < 1.29 is 5.11 Å². The first kappa shape index (κ1) is 14.9. The zero-order valence-corrected chi connectivity index (χ0v) is 10.8. The topological polar surface area (TPSA) is 35.5 Å². The van der Waals surface area contributed by atoms with Gasteiger partial charge >= 0.3 is 0 Å². The molecule has 0 aliphatic heterocycles. The molecular weight excluding hydrogens is 188 g/mol. The Morgan fingerprint density at radius 2 is 1.93 bits per heavy atom. The first-order valence-electron chi connectivity index (χ1n) is 6.27. The van der Waals surface area contributed by atoms with Gasteiger partial charge in [0.1, 0.15) is 0 Å². The molecule has 0 aromatic rings. The number of hydrogen-bond acceptors (Lipinski definition) is 3. The van der Waals surface area contributed by atoms with Crippen LogP contribution in [-0.2, 0) is 0 Å². The molecule has 0 saturated carbocycles. The molecule has 0 aromatic heterocycles. The third-order valence-corrected chi connectivity index (χ3v) is 3.10. The Labute approximate surface area is 94.9 Å². The summed E-state index contributed by atoms with van der Waals surface area (Å²) >= 11 is 0. The fourth-order valence-electron chi connectivity index (χ4n) is 1.82. The van der Waals surface area contributed by atoms with Crippen molar-refractivity contribution in [3.8, 4) is 0 Å². The summed E-state index contributed by atoms with van der Waals surface area (Å²) < 4.78 is 0. The standard InChI is InChI=1S/C12H28N2O/c1-5-11(4)14(7-3)9-8-12(10-15)13-6-2/h11-13,15H,5-10H2,1-4H3. The van der Waals surface area contributed by atoms with Crippen molar-refractivity contribution in [1.29, 1.82) is 0 Å². The summed E-state index contributed by atoms with van der Waals surface area (Å²) in [6.07, 6.45) is 2.22. The van der Waals surface area contributed by atoms with Crippen molar-refractivity contribution in [3.05, 3.63) is 0 Å². The van der Waals surface area contributed by atoms with Crippen molar-refractivity contribution >= 4 is 0 Å². The molecule has 0 bridgehead atoms. The second kappa shape index (κ2) is 9.13. The monoisotopic (exact) mass is 216 g/mol. The Kier molecular flexibility index (Phi) is 9.06. The van der Waals surface area contributed by atoms with Crippen LogP contribution in [0.15, 0.2) is 0 Å². The summed E-state index contributed by atoms with van der Waals surface area (Å²) in [7, 11) is 0. The highest BCUT2D eigenvalue weighted by Crippen LogP contribution is 2.05. The van der Waals surface area contributed by atoms with Crippen LogP contribution in [-0.4, -0.2) is 48.3 Å². The van der Waals surface area contributed by atoms with E-state index in [1.54, 1.807) is 0 Å². The van der Waals surface area contributed by atoms with Gasteiger partial charge in [-0.15, -0.1) is 0 Å². The van der Waals surface area contributed by atoms with Crippen molar-refractivity contribution in [2.75, 3.05) is 26.2 Å². The molecular formula is C12H28N2O. The van der Waals surface area contributed by atoms with Crippen LogP contribution in [0, 0.1) is 0 Å². The lowest BCUT2D eigenvalue weighted by Crippen LogP contribution is -2.39. The Balaban J connectivity index is 3.86. The molecule has 3 heteroatoms. The highest BCUT2D eigenvalue weighted by Gasteiger charge is 2.12. The van der Waals surface area contributed by atoms with Gasteiger partial charge in [-0.05, 0) is 39.4 Å². The van der Waals surface area contributed by atoms with Gasteiger partial charge in [0.25, 0.3) is 0 Å². The average Bonchev–Trinajstić information content (AvgIpc) is 2.27. The smallest absolute Gasteiger partial charge is 0.0585 e. The highest BCUT2D eigenvalue weighted by molar-refractivity contribution is 4.70. The zero-order chi connectivity index (χ0) is 11.7. The quantitative estimate of drug-likeness (QED) is 0.612. The summed E-state index contributed by atoms with van der Waals surface area (Å²) in [6.45, 7) is 12.1. The third-order valence-electron chi connectivity index (χ3n) is 3.10. The lowest BCUT2D eigenvalue weighted by atomic mass is 10.1. The van der Waals surface area contributed by atoms with E-state index in [1.807, 2.05) is 0 Å². The van der Waals surface area contributed by atoms with E-state index in [2.05, 4.69) is 37.9 Å². The van der Waals surface area contributed by atoms with Crippen LogP contribution in [0.2, 0.25) is 0 Å². The van der Waals surface area contributed by atoms with Crippen LogP contribution >= 0.6 is 0 Å². The molecule has 0 aliphatic carbocycles. The summed E-state index contributed by atoms with van der Waals surface area (Å²) in [5, 5.41) is 12.4. The van der Waals surface area contributed by atoms with Gasteiger partial charge in [-0.25, -0.2) is 0 Å². The number of likely N-dealkylation sites (N-methyl/N-ethyl adjacent to an activating group) is 1. The van der Waals surface area contributed by atoms with Crippen LogP contribution in [0.25, 0.3) is 0 Å². The van der Waals surface area contributed by atoms with Gasteiger partial charge in [-0.1, -0.05) is 20.8 Å². The fourth-order valence-corrected chi connectivity index (χ4v) is 1.82. The second-order valence-corrected chi connectivity index (χ2v) is 4.11. The van der Waals surface area contributed by atoms with E-state index in [1.165, 1.54) is 6.42 Å². The first-order valence-corrected chi connectivity index (χ1v) is 6.27. The molecule has 3 nitrogen and oxygen atoms in total. The molecule has 0 aliphatic rings. The summed E-state index contributed by atoms with van der Waals surface area (Å²) in [5.41, 5.74) is 0. The highest BCUT2D eigenvalue weighted by atomic mass is 16.3. The van der Waals surface area contributed by atoms with E-state index in [4.69, 9.17) is 5.11 Å². The normalized spacial score (nSPS) is 15.6. The maximum absolute atomic E-state index is 9.16. The SMILES string of the molecule is CCNC(CO)CCN(CC)C(C)CC. The maximum atomic E-state index is 9.16. The minimum Gasteiger partial charge on any atom is -0.395 e. The van der Waals surface area contributed by atoms with Gasteiger partial charge in [-0.3, -0.25) is 0 Å². The molecule has 0 heterocycles. The van der Waals surface area contributed by atoms with E-state index < -0.39 is 0 Å². The number of nitrogens with zero attached hydrogens (tertiary/aromatic N) is 1. The molecule has 2 N–H and O–H groups in total. The Bertz CT molecular complexity index is 142. The Morgan fingerprint density at radius 3 is 2.33 bits per heavy atom. The van der Waals surface area contributed by atoms with E-state index in [9.17, 15) is 0 Å². The second-order valence-electron chi connectivity index (χ2n) is 4.11. The molecule has 92 valence electrons. The van der Waals surface area contributed by atoms with Gasteiger partial charge in [-0.2, -0.15) is 0 Å². The maximum Gasteiger partial charge on any atom is 0.0585 e. The molecule has 0 rings (SSSR count).